The molecule has 134 valence electrons. The van der Waals surface area contributed by atoms with Gasteiger partial charge in [0.15, 0.2) is 0 Å². The molecule has 0 spiro atoms. The van der Waals surface area contributed by atoms with Gasteiger partial charge in [-0.2, -0.15) is 5.10 Å². The van der Waals surface area contributed by atoms with Crippen LogP contribution in [0, 0.1) is 11.7 Å². The maximum Gasteiger partial charge on any atom is 0.310 e. The number of halogens is 1. The number of carbonyl (C=O) groups is 1. The summed E-state index contributed by atoms with van der Waals surface area (Å²) >= 11 is 0. The molecule has 1 aliphatic heterocycles. The van der Waals surface area contributed by atoms with Crippen LogP contribution in [0.5, 0.6) is 0 Å². The Hall–Kier alpha value is -2.21. The van der Waals surface area contributed by atoms with E-state index >= 15 is 0 Å². The molecule has 0 unspecified atom stereocenters. The summed E-state index contributed by atoms with van der Waals surface area (Å²) < 4.78 is 21.0. The minimum Gasteiger partial charge on any atom is -0.466 e. The van der Waals surface area contributed by atoms with Crippen LogP contribution in [0.15, 0.2) is 30.5 Å². The lowest BCUT2D eigenvalue weighted by molar-refractivity contribution is -0.150. The average molecular weight is 345 g/mol. The fourth-order valence-corrected chi connectivity index (χ4v) is 3.43. The van der Waals surface area contributed by atoms with Crippen molar-refractivity contribution in [2.24, 2.45) is 13.0 Å². The quantitative estimate of drug-likeness (QED) is 0.782. The first-order chi connectivity index (χ1) is 12.1. The third kappa shape index (κ3) is 4.07. The van der Waals surface area contributed by atoms with E-state index in [9.17, 15) is 9.18 Å². The normalized spacial score (nSPS) is 18.3. The first kappa shape index (κ1) is 17.6. The molecule has 0 bridgehead atoms. The van der Waals surface area contributed by atoms with E-state index in [-0.39, 0.29) is 17.7 Å². The highest BCUT2D eigenvalue weighted by Crippen LogP contribution is 2.27. The summed E-state index contributed by atoms with van der Waals surface area (Å²) in [6, 6.07) is 6.69. The zero-order valence-corrected chi connectivity index (χ0v) is 14.7. The van der Waals surface area contributed by atoms with Crippen LogP contribution in [0.25, 0.3) is 11.3 Å². The monoisotopic (exact) mass is 345 g/mol. The van der Waals surface area contributed by atoms with Crippen molar-refractivity contribution in [1.29, 1.82) is 0 Å². The largest absolute Gasteiger partial charge is 0.466 e. The molecule has 1 aromatic heterocycles. The SMILES string of the molecule is CCOC(=O)[C@H]1CCCN(Cc2cn(C)nc2-c2ccccc2F)C1. The van der Waals surface area contributed by atoms with Crippen LogP contribution in [0.4, 0.5) is 4.39 Å². The second-order valence-corrected chi connectivity index (χ2v) is 6.48. The molecular weight excluding hydrogens is 321 g/mol. The number of ether oxygens (including phenoxy) is 1. The van der Waals surface area contributed by atoms with Crippen LogP contribution in [0.1, 0.15) is 25.3 Å². The second kappa shape index (κ2) is 7.78. The molecule has 1 saturated heterocycles. The van der Waals surface area contributed by atoms with Crippen molar-refractivity contribution in [3.63, 3.8) is 0 Å². The smallest absolute Gasteiger partial charge is 0.310 e. The van der Waals surface area contributed by atoms with Gasteiger partial charge in [0.1, 0.15) is 5.82 Å². The van der Waals surface area contributed by atoms with Gasteiger partial charge < -0.3 is 4.74 Å². The summed E-state index contributed by atoms with van der Waals surface area (Å²) in [4.78, 5) is 14.2. The van der Waals surface area contributed by atoms with Crippen molar-refractivity contribution in [3.8, 4) is 11.3 Å². The number of esters is 1. The Bertz CT molecular complexity index is 744. The average Bonchev–Trinajstić information content (AvgIpc) is 2.96. The molecule has 2 aromatic rings. The van der Waals surface area contributed by atoms with Gasteiger partial charge in [-0.05, 0) is 38.4 Å². The van der Waals surface area contributed by atoms with Gasteiger partial charge in [-0.15, -0.1) is 0 Å². The highest BCUT2D eigenvalue weighted by molar-refractivity contribution is 5.72. The Morgan fingerprint density at radius 3 is 2.96 bits per heavy atom. The molecule has 0 saturated carbocycles. The third-order valence-electron chi connectivity index (χ3n) is 4.55. The maximum absolute atomic E-state index is 14.2. The van der Waals surface area contributed by atoms with E-state index in [1.807, 2.05) is 26.2 Å². The number of aromatic nitrogens is 2. The molecule has 6 heteroatoms. The van der Waals surface area contributed by atoms with E-state index in [0.29, 0.717) is 31.0 Å². The Morgan fingerprint density at radius 1 is 1.40 bits per heavy atom. The molecule has 1 aromatic carbocycles. The Kier molecular flexibility index (Phi) is 5.48. The van der Waals surface area contributed by atoms with Crippen LogP contribution in [-0.4, -0.2) is 40.3 Å². The minimum atomic E-state index is -0.273. The number of nitrogens with zero attached hydrogens (tertiary/aromatic N) is 3. The van der Waals surface area contributed by atoms with Crippen LogP contribution < -0.4 is 0 Å². The number of piperidine rings is 1. The number of carbonyl (C=O) groups excluding carboxylic acids is 1. The zero-order chi connectivity index (χ0) is 17.8. The van der Waals surface area contributed by atoms with Crippen molar-refractivity contribution in [3.05, 3.63) is 41.8 Å². The van der Waals surface area contributed by atoms with Gasteiger partial charge in [0.2, 0.25) is 0 Å². The maximum atomic E-state index is 14.2. The summed E-state index contributed by atoms with van der Waals surface area (Å²) in [5.41, 5.74) is 2.15. The first-order valence-corrected chi connectivity index (χ1v) is 8.75. The summed E-state index contributed by atoms with van der Waals surface area (Å²) in [5.74, 6) is -0.472. The van der Waals surface area contributed by atoms with Crippen molar-refractivity contribution >= 4 is 5.97 Å². The summed E-state index contributed by atoms with van der Waals surface area (Å²) in [5, 5.41) is 4.45. The van der Waals surface area contributed by atoms with Gasteiger partial charge in [-0.3, -0.25) is 14.4 Å². The predicted molar refractivity (Wildman–Crippen MR) is 93.2 cm³/mol. The van der Waals surface area contributed by atoms with E-state index in [0.717, 1.165) is 24.9 Å². The molecule has 5 nitrogen and oxygen atoms in total. The molecule has 3 rings (SSSR count). The number of rotatable bonds is 5. The highest BCUT2D eigenvalue weighted by atomic mass is 19.1. The van der Waals surface area contributed by atoms with E-state index in [4.69, 9.17) is 4.74 Å². The Balaban J connectivity index is 1.77. The standard InChI is InChI=1S/C19H24FN3O2/c1-3-25-19(24)14-7-6-10-23(12-14)13-15-11-22(2)21-18(15)16-8-4-5-9-17(16)20/h4-5,8-9,11,14H,3,6-7,10,12-13H2,1-2H3/t14-/m0/s1. The summed E-state index contributed by atoms with van der Waals surface area (Å²) in [6.45, 7) is 4.48. The molecule has 0 radical (unpaired) electrons. The molecule has 0 aliphatic carbocycles. The molecule has 0 N–H and O–H groups in total. The lowest BCUT2D eigenvalue weighted by atomic mass is 9.97. The zero-order valence-electron chi connectivity index (χ0n) is 14.7. The molecule has 25 heavy (non-hydrogen) atoms. The fraction of sp³-hybridized carbons (Fsp3) is 0.474. The highest BCUT2D eigenvalue weighted by Gasteiger charge is 2.27. The van der Waals surface area contributed by atoms with E-state index in [2.05, 4.69) is 10.00 Å². The number of likely N-dealkylation sites (tertiary alicyclic amines) is 1. The van der Waals surface area contributed by atoms with Crippen molar-refractivity contribution in [1.82, 2.24) is 14.7 Å². The van der Waals surface area contributed by atoms with Crippen molar-refractivity contribution < 1.29 is 13.9 Å². The van der Waals surface area contributed by atoms with Crippen LogP contribution in [-0.2, 0) is 23.1 Å². The molecular formula is C19H24FN3O2. The molecule has 0 amide bonds. The number of benzene rings is 1. The van der Waals surface area contributed by atoms with Gasteiger partial charge in [-0.25, -0.2) is 4.39 Å². The number of aryl methyl sites for hydroxylation is 1. The van der Waals surface area contributed by atoms with E-state index in [1.54, 1.807) is 16.8 Å². The van der Waals surface area contributed by atoms with E-state index < -0.39 is 0 Å². The molecule has 1 aliphatic rings. The molecule has 1 fully saturated rings. The molecule has 2 heterocycles. The lowest BCUT2D eigenvalue weighted by Gasteiger charge is -2.31. The van der Waals surface area contributed by atoms with Crippen LogP contribution in [0.2, 0.25) is 0 Å². The van der Waals surface area contributed by atoms with Crippen molar-refractivity contribution in [2.45, 2.75) is 26.3 Å². The van der Waals surface area contributed by atoms with Crippen molar-refractivity contribution in [2.75, 3.05) is 19.7 Å². The number of hydrogen-bond donors (Lipinski definition) is 0. The van der Waals surface area contributed by atoms with Crippen LogP contribution >= 0.6 is 0 Å². The summed E-state index contributed by atoms with van der Waals surface area (Å²) in [6.07, 6.45) is 3.75. The van der Waals surface area contributed by atoms with Gasteiger partial charge in [0, 0.05) is 37.5 Å². The van der Waals surface area contributed by atoms with Gasteiger partial charge in [0.25, 0.3) is 0 Å². The first-order valence-electron chi connectivity index (χ1n) is 8.75. The fourth-order valence-electron chi connectivity index (χ4n) is 3.43. The predicted octanol–water partition coefficient (Wildman–Crippen LogP) is 3.00. The second-order valence-electron chi connectivity index (χ2n) is 6.48. The van der Waals surface area contributed by atoms with Gasteiger partial charge in [0.05, 0.1) is 18.2 Å². The summed E-state index contributed by atoms with van der Waals surface area (Å²) in [7, 11) is 1.84. The minimum absolute atomic E-state index is 0.0812. The van der Waals surface area contributed by atoms with Gasteiger partial charge >= 0.3 is 5.97 Å². The molecule has 1 atom stereocenters. The Morgan fingerprint density at radius 2 is 2.20 bits per heavy atom. The van der Waals surface area contributed by atoms with Crippen LogP contribution in [0.3, 0.4) is 0 Å². The number of hydrogen-bond acceptors (Lipinski definition) is 4. The third-order valence-corrected chi connectivity index (χ3v) is 4.55. The Labute approximate surface area is 147 Å². The lowest BCUT2D eigenvalue weighted by Crippen LogP contribution is -2.38. The van der Waals surface area contributed by atoms with Gasteiger partial charge in [-0.1, -0.05) is 12.1 Å². The van der Waals surface area contributed by atoms with E-state index in [1.165, 1.54) is 6.07 Å². The topological polar surface area (TPSA) is 47.4 Å².